The normalized spacial score (nSPS) is 19.8. The SMILES string of the molecule is COc1ccc(CCC2CC(C)COC2c2cn(-c3ccc(Br)cc3)nc2-c2ccc(F)cc2)cc1. The molecule has 3 unspecified atom stereocenters. The van der Waals surface area contributed by atoms with Gasteiger partial charge in [0.1, 0.15) is 11.6 Å². The summed E-state index contributed by atoms with van der Waals surface area (Å²) in [5.74, 6) is 1.46. The highest BCUT2D eigenvalue weighted by atomic mass is 79.9. The molecule has 0 amide bonds. The first-order valence-corrected chi connectivity index (χ1v) is 13.2. The van der Waals surface area contributed by atoms with Crippen LogP contribution in [0.2, 0.25) is 0 Å². The van der Waals surface area contributed by atoms with E-state index in [4.69, 9.17) is 14.6 Å². The lowest BCUT2D eigenvalue weighted by atomic mass is 9.81. The van der Waals surface area contributed by atoms with Gasteiger partial charge in [0, 0.05) is 28.4 Å². The molecule has 186 valence electrons. The van der Waals surface area contributed by atoms with Crippen LogP contribution in [0.5, 0.6) is 5.75 Å². The van der Waals surface area contributed by atoms with Crippen molar-refractivity contribution in [2.75, 3.05) is 13.7 Å². The fourth-order valence-electron chi connectivity index (χ4n) is 5.02. The third-order valence-corrected chi connectivity index (χ3v) is 7.44. The summed E-state index contributed by atoms with van der Waals surface area (Å²) in [4.78, 5) is 0. The van der Waals surface area contributed by atoms with E-state index in [1.807, 2.05) is 41.1 Å². The molecule has 5 rings (SSSR count). The van der Waals surface area contributed by atoms with Crippen LogP contribution in [0.1, 0.15) is 37.0 Å². The van der Waals surface area contributed by atoms with Crippen molar-refractivity contribution >= 4 is 15.9 Å². The summed E-state index contributed by atoms with van der Waals surface area (Å²) in [5.41, 5.74) is 5.03. The van der Waals surface area contributed by atoms with Crippen molar-refractivity contribution in [1.29, 1.82) is 0 Å². The van der Waals surface area contributed by atoms with Crippen molar-refractivity contribution in [2.45, 2.75) is 32.3 Å². The molecule has 4 aromatic rings. The van der Waals surface area contributed by atoms with Gasteiger partial charge in [0.25, 0.3) is 0 Å². The number of nitrogens with zero attached hydrogens (tertiary/aromatic N) is 2. The molecule has 0 N–H and O–H groups in total. The van der Waals surface area contributed by atoms with Crippen molar-refractivity contribution in [3.8, 4) is 22.7 Å². The number of rotatable bonds is 7. The lowest BCUT2D eigenvalue weighted by Gasteiger charge is -2.35. The van der Waals surface area contributed by atoms with E-state index in [2.05, 4.69) is 41.2 Å². The molecule has 3 aromatic carbocycles. The molecule has 3 atom stereocenters. The van der Waals surface area contributed by atoms with Crippen molar-refractivity contribution < 1.29 is 13.9 Å². The molecule has 1 fully saturated rings. The van der Waals surface area contributed by atoms with Crippen molar-refractivity contribution in [2.24, 2.45) is 11.8 Å². The third-order valence-electron chi connectivity index (χ3n) is 6.91. The Balaban J connectivity index is 1.48. The van der Waals surface area contributed by atoms with Gasteiger partial charge in [-0.1, -0.05) is 35.0 Å². The Morgan fingerprint density at radius 1 is 1.03 bits per heavy atom. The summed E-state index contributed by atoms with van der Waals surface area (Å²) in [7, 11) is 1.69. The van der Waals surface area contributed by atoms with E-state index in [0.717, 1.165) is 58.6 Å². The fraction of sp³-hybridized carbons (Fsp3) is 0.300. The highest BCUT2D eigenvalue weighted by Gasteiger charge is 2.34. The summed E-state index contributed by atoms with van der Waals surface area (Å²) in [6.45, 7) is 2.97. The van der Waals surface area contributed by atoms with Gasteiger partial charge in [-0.3, -0.25) is 0 Å². The lowest BCUT2D eigenvalue weighted by molar-refractivity contribution is -0.0563. The number of hydrogen-bond donors (Lipinski definition) is 0. The molecule has 1 aliphatic rings. The van der Waals surface area contributed by atoms with Crippen LogP contribution in [-0.4, -0.2) is 23.5 Å². The molecule has 4 nitrogen and oxygen atoms in total. The number of ether oxygens (including phenoxy) is 2. The Morgan fingerprint density at radius 3 is 2.44 bits per heavy atom. The van der Waals surface area contributed by atoms with Crippen molar-refractivity contribution in [3.05, 3.63) is 100 Å². The van der Waals surface area contributed by atoms with Gasteiger partial charge < -0.3 is 9.47 Å². The summed E-state index contributed by atoms with van der Waals surface area (Å²) < 4.78 is 28.5. The van der Waals surface area contributed by atoms with E-state index in [1.165, 1.54) is 17.7 Å². The summed E-state index contributed by atoms with van der Waals surface area (Å²) in [6, 6.07) is 22.9. The number of aryl methyl sites for hydroxylation is 1. The van der Waals surface area contributed by atoms with Gasteiger partial charge >= 0.3 is 0 Å². The summed E-state index contributed by atoms with van der Waals surface area (Å²) in [5, 5.41) is 4.96. The second-order valence-corrected chi connectivity index (χ2v) is 10.5. The van der Waals surface area contributed by atoms with E-state index in [0.29, 0.717) is 11.8 Å². The van der Waals surface area contributed by atoms with Gasteiger partial charge in [-0.05, 0) is 97.3 Å². The summed E-state index contributed by atoms with van der Waals surface area (Å²) >= 11 is 3.51. The molecule has 1 aliphatic heterocycles. The van der Waals surface area contributed by atoms with Gasteiger partial charge in [-0.15, -0.1) is 0 Å². The van der Waals surface area contributed by atoms with Crippen LogP contribution in [0.15, 0.2) is 83.5 Å². The second-order valence-electron chi connectivity index (χ2n) is 9.60. The van der Waals surface area contributed by atoms with E-state index in [-0.39, 0.29) is 11.9 Å². The average Bonchev–Trinajstić information content (AvgIpc) is 3.34. The predicted molar refractivity (Wildman–Crippen MR) is 144 cm³/mol. The number of benzene rings is 3. The molecule has 2 heterocycles. The molecule has 0 aliphatic carbocycles. The van der Waals surface area contributed by atoms with Crippen LogP contribution in [0.25, 0.3) is 16.9 Å². The van der Waals surface area contributed by atoms with Crippen LogP contribution >= 0.6 is 15.9 Å². The Labute approximate surface area is 220 Å². The largest absolute Gasteiger partial charge is 0.497 e. The van der Waals surface area contributed by atoms with Crippen LogP contribution in [0, 0.1) is 17.7 Å². The predicted octanol–water partition coefficient (Wildman–Crippen LogP) is 7.80. The smallest absolute Gasteiger partial charge is 0.123 e. The van der Waals surface area contributed by atoms with Gasteiger partial charge in [0.15, 0.2) is 0 Å². The molecule has 0 spiro atoms. The van der Waals surface area contributed by atoms with Crippen LogP contribution in [-0.2, 0) is 11.2 Å². The lowest BCUT2D eigenvalue weighted by Crippen LogP contribution is -2.28. The molecule has 36 heavy (non-hydrogen) atoms. The molecular weight excluding hydrogens is 519 g/mol. The zero-order valence-electron chi connectivity index (χ0n) is 20.5. The molecule has 6 heteroatoms. The number of halogens is 2. The van der Waals surface area contributed by atoms with Crippen molar-refractivity contribution in [3.63, 3.8) is 0 Å². The quantitative estimate of drug-likeness (QED) is 0.236. The first-order chi connectivity index (χ1) is 17.5. The number of hydrogen-bond acceptors (Lipinski definition) is 3. The van der Waals surface area contributed by atoms with Crippen molar-refractivity contribution in [1.82, 2.24) is 9.78 Å². The fourth-order valence-corrected chi connectivity index (χ4v) is 5.29. The Hall–Kier alpha value is -2.96. The Morgan fingerprint density at radius 2 is 1.75 bits per heavy atom. The van der Waals surface area contributed by atoms with Crippen LogP contribution in [0.3, 0.4) is 0 Å². The highest BCUT2D eigenvalue weighted by Crippen LogP contribution is 2.42. The zero-order valence-corrected chi connectivity index (χ0v) is 22.1. The zero-order chi connectivity index (χ0) is 25.1. The van der Waals surface area contributed by atoms with E-state index < -0.39 is 0 Å². The average molecular weight is 549 g/mol. The van der Waals surface area contributed by atoms with E-state index >= 15 is 0 Å². The van der Waals surface area contributed by atoms with Crippen LogP contribution in [0.4, 0.5) is 4.39 Å². The topological polar surface area (TPSA) is 36.3 Å². The van der Waals surface area contributed by atoms with Gasteiger partial charge in [-0.2, -0.15) is 5.10 Å². The first-order valence-electron chi connectivity index (χ1n) is 12.4. The minimum atomic E-state index is -0.257. The Kier molecular flexibility index (Phi) is 7.54. The minimum Gasteiger partial charge on any atom is -0.497 e. The molecule has 0 radical (unpaired) electrons. The highest BCUT2D eigenvalue weighted by molar-refractivity contribution is 9.10. The maximum atomic E-state index is 13.7. The molecular formula is C30H30BrFN2O2. The standard InChI is InChI=1S/C30H30BrFN2O2/c1-20-17-23(6-3-21-4-15-27(35-2)16-5-21)30(36-19-20)28-18-34(26-13-9-24(31)10-14-26)33-29(28)22-7-11-25(32)12-8-22/h4-5,7-16,18,20,23,30H,3,6,17,19H2,1-2H3. The minimum absolute atomic E-state index is 0.0799. The maximum absolute atomic E-state index is 13.7. The third kappa shape index (κ3) is 5.55. The van der Waals surface area contributed by atoms with Gasteiger partial charge in [0.05, 0.1) is 24.6 Å². The molecule has 1 saturated heterocycles. The van der Waals surface area contributed by atoms with Gasteiger partial charge in [0.2, 0.25) is 0 Å². The van der Waals surface area contributed by atoms with E-state index in [1.54, 1.807) is 19.2 Å². The number of aromatic nitrogens is 2. The first kappa shape index (κ1) is 24.7. The van der Waals surface area contributed by atoms with Gasteiger partial charge in [-0.25, -0.2) is 9.07 Å². The molecule has 0 bridgehead atoms. The molecule has 0 saturated carbocycles. The monoisotopic (exact) mass is 548 g/mol. The molecule has 1 aromatic heterocycles. The maximum Gasteiger partial charge on any atom is 0.123 e. The number of methoxy groups -OCH3 is 1. The van der Waals surface area contributed by atoms with E-state index in [9.17, 15) is 4.39 Å². The second kappa shape index (κ2) is 11.0. The van der Waals surface area contributed by atoms with Crippen LogP contribution < -0.4 is 4.74 Å². The summed E-state index contributed by atoms with van der Waals surface area (Å²) in [6.07, 6.45) is 5.07. The Bertz CT molecular complexity index is 1290.